The number of ether oxygens (including phenoxy) is 1. The van der Waals surface area contributed by atoms with Crippen LogP contribution in [0.1, 0.15) is 31.1 Å². The zero-order valence-electron chi connectivity index (χ0n) is 10.8. The van der Waals surface area contributed by atoms with Gasteiger partial charge in [-0.3, -0.25) is 4.57 Å². The van der Waals surface area contributed by atoms with Gasteiger partial charge in [-0.1, -0.05) is 17.7 Å². The van der Waals surface area contributed by atoms with Gasteiger partial charge in [-0.15, -0.1) is 0 Å². The third-order valence-electron chi connectivity index (χ3n) is 2.69. The summed E-state index contributed by atoms with van der Waals surface area (Å²) in [5.74, 6) is 0.822. The quantitative estimate of drug-likeness (QED) is 0.800. The first-order valence-corrected chi connectivity index (χ1v) is 5.86. The predicted octanol–water partition coefficient (Wildman–Crippen LogP) is 3.87. The van der Waals surface area contributed by atoms with E-state index in [2.05, 4.69) is 30.3 Å². The van der Waals surface area contributed by atoms with Crippen molar-refractivity contribution in [2.24, 2.45) is 0 Å². The van der Waals surface area contributed by atoms with Crippen LogP contribution in [0.25, 0.3) is 0 Å². The van der Waals surface area contributed by atoms with E-state index >= 15 is 0 Å². The first kappa shape index (κ1) is 11.7. The van der Waals surface area contributed by atoms with Crippen molar-refractivity contribution >= 4 is 0 Å². The summed E-state index contributed by atoms with van der Waals surface area (Å²) in [6.45, 7) is 8.34. The SMILES string of the molecule is Cc1ccc(Oc2ncc(C)n2C(C)C)cc1. The second kappa shape index (κ2) is 4.62. The fraction of sp³-hybridized carbons (Fsp3) is 0.357. The van der Waals surface area contributed by atoms with Crippen molar-refractivity contribution in [3.8, 4) is 11.8 Å². The third-order valence-corrected chi connectivity index (χ3v) is 2.69. The Morgan fingerprint density at radius 1 is 1.12 bits per heavy atom. The minimum absolute atomic E-state index is 0.345. The van der Waals surface area contributed by atoms with Crippen molar-refractivity contribution in [1.29, 1.82) is 0 Å². The summed E-state index contributed by atoms with van der Waals surface area (Å²) >= 11 is 0. The highest BCUT2D eigenvalue weighted by Crippen LogP contribution is 2.24. The van der Waals surface area contributed by atoms with Crippen LogP contribution >= 0.6 is 0 Å². The van der Waals surface area contributed by atoms with Crippen molar-refractivity contribution in [1.82, 2.24) is 9.55 Å². The molecular weight excluding hydrogens is 212 g/mol. The van der Waals surface area contributed by atoms with Gasteiger partial charge in [-0.2, -0.15) is 0 Å². The molecule has 0 N–H and O–H groups in total. The number of imidazole rings is 1. The van der Waals surface area contributed by atoms with Gasteiger partial charge in [-0.25, -0.2) is 4.98 Å². The zero-order chi connectivity index (χ0) is 12.4. The largest absolute Gasteiger partial charge is 0.426 e. The lowest BCUT2D eigenvalue weighted by molar-refractivity contribution is 0.392. The topological polar surface area (TPSA) is 27.1 Å². The van der Waals surface area contributed by atoms with E-state index in [0.29, 0.717) is 12.1 Å². The fourth-order valence-corrected chi connectivity index (χ4v) is 1.84. The second-order valence-corrected chi connectivity index (χ2v) is 4.56. The van der Waals surface area contributed by atoms with Gasteiger partial charge in [0.1, 0.15) is 5.75 Å². The maximum atomic E-state index is 5.80. The smallest absolute Gasteiger partial charge is 0.302 e. The Morgan fingerprint density at radius 3 is 2.35 bits per heavy atom. The molecule has 1 aromatic carbocycles. The van der Waals surface area contributed by atoms with Gasteiger partial charge in [0.05, 0.1) is 6.20 Å². The molecule has 1 aromatic heterocycles. The van der Waals surface area contributed by atoms with E-state index in [1.165, 1.54) is 5.56 Å². The molecule has 1 heterocycles. The first-order valence-electron chi connectivity index (χ1n) is 5.86. The summed E-state index contributed by atoms with van der Waals surface area (Å²) < 4.78 is 7.88. The third kappa shape index (κ3) is 2.49. The van der Waals surface area contributed by atoms with E-state index in [0.717, 1.165) is 11.4 Å². The maximum absolute atomic E-state index is 5.80. The van der Waals surface area contributed by atoms with Gasteiger partial charge in [0.25, 0.3) is 0 Å². The van der Waals surface area contributed by atoms with Gasteiger partial charge in [0.2, 0.25) is 0 Å². The molecule has 0 aliphatic heterocycles. The summed E-state index contributed by atoms with van der Waals surface area (Å²) in [6.07, 6.45) is 1.84. The van der Waals surface area contributed by atoms with Gasteiger partial charge < -0.3 is 4.74 Å². The van der Waals surface area contributed by atoms with E-state index < -0.39 is 0 Å². The molecule has 0 aliphatic carbocycles. The van der Waals surface area contributed by atoms with E-state index in [-0.39, 0.29) is 0 Å². The van der Waals surface area contributed by atoms with Crippen molar-refractivity contribution in [3.05, 3.63) is 41.7 Å². The Hall–Kier alpha value is -1.77. The average molecular weight is 230 g/mol. The van der Waals surface area contributed by atoms with Gasteiger partial charge in [0, 0.05) is 11.7 Å². The Kier molecular flexibility index (Phi) is 3.18. The molecular formula is C14H18N2O. The molecule has 2 rings (SSSR count). The van der Waals surface area contributed by atoms with Crippen molar-refractivity contribution < 1.29 is 4.74 Å². The number of hydrogen-bond donors (Lipinski definition) is 0. The number of rotatable bonds is 3. The number of aromatic nitrogens is 2. The van der Waals surface area contributed by atoms with Gasteiger partial charge in [0.15, 0.2) is 0 Å². The van der Waals surface area contributed by atoms with Crippen molar-refractivity contribution in [3.63, 3.8) is 0 Å². The zero-order valence-corrected chi connectivity index (χ0v) is 10.8. The highest BCUT2D eigenvalue weighted by molar-refractivity contribution is 5.29. The van der Waals surface area contributed by atoms with Crippen LogP contribution in [0.4, 0.5) is 0 Å². The number of nitrogens with zero attached hydrogens (tertiary/aromatic N) is 2. The molecule has 0 bridgehead atoms. The maximum Gasteiger partial charge on any atom is 0.302 e. The van der Waals surface area contributed by atoms with Gasteiger partial charge >= 0.3 is 6.01 Å². The van der Waals surface area contributed by atoms with Crippen LogP contribution < -0.4 is 4.74 Å². The lowest BCUT2D eigenvalue weighted by Crippen LogP contribution is -2.05. The van der Waals surface area contributed by atoms with E-state index in [1.54, 1.807) is 0 Å². The molecule has 0 saturated heterocycles. The summed E-state index contributed by atoms with van der Waals surface area (Å²) in [7, 11) is 0. The Balaban J connectivity index is 2.27. The molecule has 2 aromatic rings. The molecule has 0 saturated carbocycles. The van der Waals surface area contributed by atoms with E-state index in [1.807, 2.05) is 37.4 Å². The molecule has 3 nitrogen and oxygen atoms in total. The van der Waals surface area contributed by atoms with Crippen molar-refractivity contribution in [2.45, 2.75) is 33.7 Å². The van der Waals surface area contributed by atoms with Crippen LogP contribution in [-0.2, 0) is 0 Å². The van der Waals surface area contributed by atoms with Crippen LogP contribution in [0.5, 0.6) is 11.8 Å². The fourth-order valence-electron chi connectivity index (χ4n) is 1.84. The number of benzene rings is 1. The van der Waals surface area contributed by atoms with E-state index in [9.17, 15) is 0 Å². The molecule has 3 heteroatoms. The van der Waals surface area contributed by atoms with Gasteiger partial charge in [-0.05, 0) is 39.8 Å². The lowest BCUT2D eigenvalue weighted by Gasteiger charge is -2.13. The summed E-state index contributed by atoms with van der Waals surface area (Å²) in [4.78, 5) is 4.30. The molecule has 0 fully saturated rings. The summed E-state index contributed by atoms with van der Waals surface area (Å²) in [6, 6.07) is 8.99. The first-order chi connectivity index (χ1) is 8.08. The highest BCUT2D eigenvalue weighted by Gasteiger charge is 2.11. The highest BCUT2D eigenvalue weighted by atomic mass is 16.5. The minimum atomic E-state index is 0.345. The number of aryl methyl sites for hydroxylation is 2. The predicted molar refractivity (Wildman–Crippen MR) is 68.6 cm³/mol. The molecule has 0 amide bonds. The second-order valence-electron chi connectivity index (χ2n) is 4.56. The lowest BCUT2D eigenvalue weighted by atomic mass is 10.2. The molecule has 0 aliphatic rings. The van der Waals surface area contributed by atoms with Crippen LogP contribution in [0, 0.1) is 13.8 Å². The van der Waals surface area contributed by atoms with Crippen LogP contribution in [-0.4, -0.2) is 9.55 Å². The summed E-state index contributed by atoms with van der Waals surface area (Å²) in [5.41, 5.74) is 2.34. The van der Waals surface area contributed by atoms with Crippen molar-refractivity contribution in [2.75, 3.05) is 0 Å². The molecule has 0 spiro atoms. The van der Waals surface area contributed by atoms with E-state index in [4.69, 9.17) is 4.74 Å². The number of hydrogen-bond acceptors (Lipinski definition) is 2. The monoisotopic (exact) mass is 230 g/mol. The normalized spacial score (nSPS) is 10.9. The Labute approximate surface area is 102 Å². The standard InChI is InChI=1S/C14H18N2O/c1-10(2)16-12(4)9-15-14(16)17-13-7-5-11(3)6-8-13/h5-10H,1-4H3. The van der Waals surface area contributed by atoms with Crippen LogP contribution in [0.2, 0.25) is 0 Å². The average Bonchev–Trinajstić information content (AvgIpc) is 2.63. The minimum Gasteiger partial charge on any atom is -0.426 e. The van der Waals surface area contributed by atoms with Crippen LogP contribution in [0.3, 0.4) is 0 Å². The summed E-state index contributed by atoms with van der Waals surface area (Å²) in [5, 5.41) is 0. The molecule has 0 atom stereocenters. The van der Waals surface area contributed by atoms with Crippen LogP contribution in [0.15, 0.2) is 30.5 Å². The molecule has 90 valence electrons. The Bertz CT molecular complexity index is 497. The molecule has 0 unspecified atom stereocenters. The molecule has 17 heavy (non-hydrogen) atoms. The molecule has 0 radical (unpaired) electrons. The Morgan fingerprint density at radius 2 is 1.76 bits per heavy atom.